The van der Waals surface area contributed by atoms with Gasteiger partial charge in [-0.1, -0.05) is 23.5 Å². The van der Waals surface area contributed by atoms with Crippen LogP contribution in [0.4, 0.5) is 14.3 Å². The minimum Gasteiger partial charge on any atom is -0.462 e. The number of esters is 1. The smallest absolute Gasteiger partial charge is 0.350 e. The fraction of sp³-hybridized carbons (Fsp3) is 0.389. The lowest BCUT2D eigenvalue weighted by Gasteiger charge is -2.17. The van der Waals surface area contributed by atoms with Crippen LogP contribution in [0.2, 0.25) is 0 Å². The number of hydrogen-bond acceptors (Lipinski definition) is 5. The summed E-state index contributed by atoms with van der Waals surface area (Å²) in [6.07, 6.45) is 0. The Hall–Kier alpha value is -2.48. The molecule has 1 aromatic carbocycles. The second-order valence-electron chi connectivity index (χ2n) is 6.14. The summed E-state index contributed by atoms with van der Waals surface area (Å²) in [7, 11) is 0. The van der Waals surface area contributed by atoms with Crippen molar-refractivity contribution in [1.29, 1.82) is 0 Å². The van der Waals surface area contributed by atoms with Crippen molar-refractivity contribution in [3.8, 4) is 0 Å². The van der Waals surface area contributed by atoms with Crippen LogP contribution in [0, 0.1) is 12.7 Å². The molecule has 1 saturated heterocycles. The quantitative estimate of drug-likeness (QED) is 0.747. The molecule has 0 unspecified atom stereocenters. The normalized spacial score (nSPS) is 17.1. The van der Waals surface area contributed by atoms with Gasteiger partial charge in [0, 0.05) is 13.1 Å². The first-order chi connectivity index (χ1) is 12.4. The average Bonchev–Trinajstić information content (AvgIpc) is 3.10. The van der Waals surface area contributed by atoms with Crippen LogP contribution in [-0.2, 0) is 11.3 Å². The first kappa shape index (κ1) is 18.3. The summed E-state index contributed by atoms with van der Waals surface area (Å²) in [5.41, 5.74) is 1.41. The summed E-state index contributed by atoms with van der Waals surface area (Å²) in [5.74, 6) is -0.725. The average molecular weight is 377 g/mol. The Balaban J connectivity index is 1.78. The van der Waals surface area contributed by atoms with Crippen molar-refractivity contribution < 1.29 is 18.7 Å². The zero-order valence-electron chi connectivity index (χ0n) is 14.9. The third-order valence-electron chi connectivity index (χ3n) is 4.14. The molecule has 0 spiro atoms. The topological polar surface area (TPSA) is 62.7 Å². The van der Waals surface area contributed by atoms with Crippen LogP contribution >= 0.6 is 11.3 Å². The summed E-state index contributed by atoms with van der Waals surface area (Å²) in [5, 5.41) is 0.490. The molecule has 26 heavy (non-hydrogen) atoms. The highest BCUT2D eigenvalue weighted by Gasteiger charge is 2.38. The summed E-state index contributed by atoms with van der Waals surface area (Å²) < 4.78 is 18.1. The van der Waals surface area contributed by atoms with Gasteiger partial charge in [-0.2, -0.15) is 0 Å². The number of rotatable bonds is 5. The van der Waals surface area contributed by atoms with E-state index in [0.29, 0.717) is 28.8 Å². The zero-order valence-corrected chi connectivity index (χ0v) is 15.7. The number of amides is 2. The zero-order chi connectivity index (χ0) is 18.8. The number of hydrogen-bond donors (Lipinski definition) is 0. The van der Waals surface area contributed by atoms with E-state index < -0.39 is 5.97 Å². The summed E-state index contributed by atoms with van der Waals surface area (Å²) in [6, 6.07) is 5.85. The minimum absolute atomic E-state index is 0.0801. The number of ether oxygens (including phenoxy) is 1. The largest absolute Gasteiger partial charge is 0.462 e. The highest BCUT2D eigenvalue weighted by Crippen LogP contribution is 2.32. The molecule has 0 bridgehead atoms. The number of carbonyl (C=O) groups is 2. The molecule has 3 rings (SSSR count). The third-order valence-corrected chi connectivity index (χ3v) is 5.28. The second-order valence-corrected chi connectivity index (χ2v) is 7.12. The number of anilines is 1. The van der Waals surface area contributed by atoms with E-state index >= 15 is 0 Å². The highest BCUT2D eigenvalue weighted by atomic mass is 32.1. The van der Waals surface area contributed by atoms with E-state index in [2.05, 4.69) is 4.98 Å². The number of benzene rings is 1. The Bertz CT molecular complexity index is 822. The van der Waals surface area contributed by atoms with E-state index in [1.807, 2.05) is 6.92 Å². The van der Waals surface area contributed by atoms with Crippen LogP contribution in [0.3, 0.4) is 0 Å². The van der Waals surface area contributed by atoms with Crippen LogP contribution in [0.1, 0.15) is 34.8 Å². The molecule has 2 heterocycles. The molecule has 0 radical (unpaired) electrons. The molecule has 1 aromatic heterocycles. The van der Waals surface area contributed by atoms with E-state index in [9.17, 15) is 14.0 Å². The van der Waals surface area contributed by atoms with Gasteiger partial charge in [-0.3, -0.25) is 4.90 Å². The van der Waals surface area contributed by atoms with Gasteiger partial charge in [-0.25, -0.2) is 19.0 Å². The third kappa shape index (κ3) is 3.55. The lowest BCUT2D eigenvalue weighted by Crippen LogP contribution is -2.33. The van der Waals surface area contributed by atoms with E-state index in [0.717, 1.165) is 5.56 Å². The van der Waals surface area contributed by atoms with Crippen LogP contribution < -0.4 is 4.90 Å². The maximum atomic E-state index is 13.0. The van der Waals surface area contributed by atoms with Crippen molar-refractivity contribution in [2.24, 2.45) is 0 Å². The molecule has 0 saturated carbocycles. The maximum absolute atomic E-state index is 13.0. The van der Waals surface area contributed by atoms with Gasteiger partial charge >= 0.3 is 12.0 Å². The maximum Gasteiger partial charge on any atom is 0.350 e. The Morgan fingerprint density at radius 1 is 1.38 bits per heavy atom. The van der Waals surface area contributed by atoms with Crippen molar-refractivity contribution in [2.75, 3.05) is 18.1 Å². The van der Waals surface area contributed by atoms with Gasteiger partial charge in [-0.05, 0) is 38.5 Å². The Kier molecular flexibility index (Phi) is 5.22. The van der Waals surface area contributed by atoms with Crippen molar-refractivity contribution in [2.45, 2.75) is 33.4 Å². The van der Waals surface area contributed by atoms with Gasteiger partial charge in [0.05, 0.1) is 18.3 Å². The molecular weight excluding hydrogens is 357 g/mol. The van der Waals surface area contributed by atoms with Crippen LogP contribution in [0.15, 0.2) is 24.3 Å². The van der Waals surface area contributed by atoms with E-state index in [4.69, 9.17) is 4.74 Å². The predicted octanol–water partition coefficient (Wildman–Crippen LogP) is 3.60. The number of nitrogens with zero attached hydrogens (tertiary/aromatic N) is 3. The van der Waals surface area contributed by atoms with Gasteiger partial charge in [0.25, 0.3) is 0 Å². The van der Waals surface area contributed by atoms with Crippen molar-refractivity contribution in [3.05, 3.63) is 46.2 Å². The van der Waals surface area contributed by atoms with Crippen molar-refractivity contribution in [3.63, 3.8) is 0 Å². The SMILES string of the molecule is CCOC(=O)c1sc(N2C(=O)N(Cc3ccc(F)cc3)C[C@H]2C)nc1C. The molecule has 2 amide bonds. The summed E-state index contributed by atoms with van der Waals surface area (Å²) in [4.78, 5) is 32.9. The number of urea groups is 1. The first-order valence-electron chi connectivity index (χ1n) is 8.37. The Labute approximate surface area is 155 Å². The minimum atomic E-state index is -0.420. The number of halogens is 1. The molecule has 0 N–H and O–H groups in total. The van der Waals surface area contributed by atoms with Crippen molar-refractivity contribution >= 4 is 28.5 Å². The monoisotopic (exact) mass is 377 g/mol. The Morgan fingerprint density at radius 2 is 2.08 bits per heavy atom. The molecule has 2 aromatic rings. The van der Waals surface area contributed by atoms with Crippen LogP contribution in [-0.4, -0.2) is 41.1 Å². The molecule has 8 heteroatoms. The summed E-state index contributed by atoms with van der Waals surface area (Å²) in [6.45, 7) is 6.63. The molecule has 1 aliphatic heterocycles. The van der Waals surface area contributed by atoms with Gasteiger partial charge in [0.1, 0.15) is 10.7 Å². The van der Waals surface area contributed by atoms with Crippen LogP contribution in [0.5, 0.6) is 0 Å². The Morgan fingerprint density at radius 3 is 2.73 bits per heavy atom. The molecule has 1 atom stereocenters. The van der Waals surface area contributed by atoms with Gasteiger partial charge < -0.3 is 9.64 Å². The fourth-order valence-electron chi connectivity index (χ4n) is 2.90. The lowest BCUT2D eigenvalue weighted by atomic mass is 10.2. The van der Waals surface area contributed by atoms with Crippen molar-refractivity contribution in [1.82, 2.24) is 9.88 Å². The standard InChI is InChI=1S/C18H20FN3O3S/c1-4-25-16(23)15-12(3)20-17(26-15)22-11(2)9-21(18(22)24)10-13-5-7-14(19)8-6-13/h5-8,11H,4,9-10H2,1-3H3/t11-/m1/s1. The fourth-order valence-corrected chi connectivity index (χ4v) is 3.96. The highest BCUT2D eigenvalue weighted by molar-refractivity contribution is 7.17. The van der Waals surface area contributed by atoms with Gasteiger partial charge in [-0.15, -0.1) is 0 Å². The number of aromatic nitrogens is 1. The van der Waals surface area contributed by atoms with E-state index in [1.54, 1.807) is 35.8 Å². The molecule has 1 aliphatic rings. The number of thiazole rings is 1. The predicted molar refractivity (Wildman–Crippen MR) is 97.0 cm³/mol. The van der Waals surface area contributed by atoms with Gasteiger partial charge in [0.2, 0.25) is 0 Å². The first-order valence-corrected chi connectivity index (χ1v) is 9.19. The van der Waals surface area contributed by atoms with Gasteiger partial charge in [0.15, 0.2) is 5.13 Å². The molecule has 6 nitrogen and oxygen atoms in total. The molecule has 138 valence electrons. The van der Waals surface area contributed by atoms with E-state index in [-0.39, 0.29) is 24.5 Å². The summed E-state index contributed by atoms with van der Waals surface area (Å²) >= 11 is 1.17. The van der Waals surface area contributed by atoms with E-state index in [1.165, 1.54) is 23.5 Å². The number of carbonyl (C=O) groups excluding carboxylic acids is 2. The van der Waals surface area contributed by atoms with Crippen LogP contribution in [0.25, 0.3) is 0 Å². The molecular formula is C18H20FN3O3S. The molecule has 0 aliphatic carbocycles. The number of aryl methyl sites for hydroxylation is 1. The molecule has 1 fully saturated rings. The lowest BCUT2D eigenvalue weighted by molar-refractivity contribution is 0.0531. The second kappa shape index (κ2) is 7.41.